The lowest BCUT2D eigenvalue weighted by Crippen LogP contribution is -1.98. The summed E-state index contributed by atoms with van der Waals surface area (Å²) in [6.07, 6.45) is 5.76. The molecule has 102 valence electrons. The Hall–Kier alpha value is -1.94. The predicted octanol–water partition coefficient (Wildman–Crippen LogP) is 2.92. The van der Waals surface area contributed by atoms with E-state index in [1.165, 1.54) is 24.3 Å². The van der Waals surface area contributed by atoms with Crippen LogP contribution >= 0.6 is 0 Å². The summed E-state index contributed by atoms with van der Waals surface area (Å²) in [4.78, 5) is 11.0. The van der Waals surface area contributed by atoms with Gasteiger partial charge in [0, 0.05) is 6.08 Å². The average Bonchev–Trinajstić information content (AvgIpc) is 2.38. The van der Waals surface area contributed by atoms with Gasteiger partial charge >= 0.3 is 5.97 Å². The molecule has 0 aliphatic carbocycles. The summed E-state index contributed by atoms with van der Waals surface area (Å²) in [5, 5.41) is 9.80. The highest BCUT2D eigenvalue weighted by atomic mass is 19.1. The number of ether oxygens (including phenoxy) is 1. The summed E-state index contributed by atoms with van der Waals surface area (Å²) in [5.41, 5.74) is 0.527. The Kier molecular flexibility index (Phi) is 6.53. The smallest absolute Gasteiger partial charge is 0.330 e. The molecule has 19 heavy (non-hydrogen) atoms. The fourth-order valence-electron chi connectivity index (χ4n) is 1.46. The van der Waals surface area contributed by atoms with Crippen molar-refractivity contribution in [3.05, 3.63) is 60.0 Å². The Bertz CT molecular complexity index is 466. The zero-order valence-electron chi connectivity index (χ0n) is 10.8. The van der Waals surface area contributed by atoms with E-state index >= 15 is 0 Å². The molecule has 0 fully saturated rings. The van der Waals surface area contributed by atoms with Crippen molar-refractivity contribution in [2.24, 2.45) is 0 Å². The van der Waals surface area contributed by atoms with E-state index in [0.717, 1.165) is 0 Å². The van der Waals surface area contributed by atoms with Crippen LogP contribution in [0.3, 0.4) is 0 Å². The molecule has 1 N–H and O–H groups in total. The van der Waals surface area contributed by atoms with Gasteiger partial charge in [0.2, 0.25) is 0 Å². The van der Waals surface area contributed by atoms with E-state index in [4.69, 9.17) is 4.74 Å². The highest BCUT2D eigenvalue weighted by Gasteiger charge is 2.05. The molecular formula is C15H17FO3. The molecule has 1 rings (SSSR count). The zero-order valence-corrected chi connectivity index (χ0v) is 10.8. The minimum Gasteiger partial charge on any atom is -0.463 e. The van der Waals surface area contributed by atoms with Crippen molar-refractivity contribution >= 4 is 5.97 Å². The number of carbonyl (C=O) groups excluding carboxylic acids is 1. The topological polar surface area (TPSA) is 46.5 Å². The summed E-state index contributed by atoms with van der Waals surface area (Å²) in [7, 11) is 0. The van der Waals surface area contributed by atoms with Crippen LogP contribution < -0.4 is 0 Å². The van der Waals surface area contributed by atoms with Crippen molar-refractivity contribution < 1.29 is 19.0 Å². The first-order chi connectivity index (χ1) is 9.13. The lowest BCUT2D eigenvalue weighted by Gasteiger charge is -2.07. The van der Waals surface area contributed by atoms with Gasteiger partial charge in [-0.05, 0) is 31.0 Å². The van der Waals surface area contributed by atoms with E-state index in [9.17, 15) is 14.3 Å². The SMILES string of the molecule is CCOC(=O)/C=C/C=C/CC(O)c1cccc(F)c1. The van der Waals surface area contributed by atoms with Crippen LogP contribution in [0, 0.1) is 5.82 Å². The molecule has 0 amide bonds. The summed E-state index contributed by atoms with van der Waals surface area (Å²) < 4.78 is 17.6. The molecule has 3 nitrogen and oxygen atoms in total. The van der Waals surface area contributed by atoms with Crippen molar-refractivity contribution in [3.63, 3.8) is 0 Å². The van der Waals surface area contributed by atoms with E-state index in [1.54, 1.807) is 31.2 Å². The van der Waals surface area contributed by atoms with Crippen LogP contribution in [0.25, 0.3) is 0 Å². The Morgan fingerprint density at radius 2 is 2.26 bits per heavy atom. The minimum absolute atomic E-state index is 0.338. The van der Waals surface area contributed by atoms with Crippen LogP contribution in [0.15, 0.2) is 48.6 Å². The molecule has 0 bridgehead atoms. The molecule has 1 aromatic rings. The Morgan fingerprint density at radius 3 is 2.95 bits per heavy atom. The van der Waals surface area contributed by atoms with Gasteiger partial charge in [-0.15, -0.1) is 0 Å². The number of hydrogen-bond acceptors (Lipinski definition) is 3. The number of rotatable bonds is 6. The molecule has 0 saturated heterocycles. The first-order valence-corrected chi connectivity index (χ1v) is 6.07. The second-order valence-corrected chi connectivity index (χ2v) is 3.85. The molecule has 0 radical (unpaired) electrons. The van der Waals surface area contributed by atoms with Gasteiger partial charge in [-0.1, -0.05) is 30.4 Å². The summed E-state index contributed by atoms with van der Waals surface area (Å²) in [6.45, 7) is 2.07. The third-order valence-electron chi connectivity index (χ3n) is 2.36. The average molecular weight is 264 g/mol. The number of aliphatic hydroxyl groups is 1. The van der Waals surface area contributed by atoms with Gasteiger partial charge in [-0.3, -0.25) is 0 Å². The fourth-order valence-corrected chi connectivity index (χ4v) is 1.46. The van der Waals surface area contributed by atoms with Crippen molar-refractivity contribution in [1.29, 1.82) is 0 Å². The van der Waals surface area contributed by atoms with Gasteiger partial charge < -0.3 is 9.84 Å². The molecule has 0 aliphatic rings. The molecule has 1 aromatic carbocycles. The number of esters is 1. The van der Waals surface area contributed by atoms with Crippen LogP contribution in [0.1, 0.15) is 25.0 Å². The van der Waals surface area contributed by atoms with Crippen LogP contribution in [0.2, 0.25) is 0 Å². The third kappa shape index (κ3) is 5.97. The molecule has 0 heterocycles. The Balaban J connectivity index is 2.42. The number of hydrogen-bond donors (Lipinski definition) is 1. The maximum atomic E-state index is 12.9. The maximum Gasteiger partial charge on any atom is 0.330 e. The molecule has 4 heteroatoms. The first kappa shape index (κ1) is 15.1. The third-order valence-corrected chi connectivity index (χ3v) is 2.36. The lowest BCUT2D eigenvalue weighted by atomic mass is 10.1. The maximum absolute atomic E-state index is 12.9. The molecule has 0 saturated carbocycles. The number of carbonyl (C=O) groups is 1. The predicted molar refractivity (Wildman–Crippen MR) is 70.9 cm³/mol. The fraction of sp³-hybridized carbons (Fsp3) is 0.267. The normalized spacial score (nSPS) is 13.0. The summed E-state index contributed by atoms with van der Waals surface area (Å²) >= 11 is 0. The van der Waals surface area contributed by atoms with Gasteiger partial charge in [0.05, 0.1) is 12.7 Å². The van der Waals surface area contributed by atoms with E-state index in [-0.39, 0.29) is 5.82 Å². The minimum atomic E-state index is -0.761. The lowest BCUT2D eigenvalue weighted by molar-refractivity contribution is -0.137. The highest BCUT2D eigenvalue weighted by Crippen LogP contribution is 2.17. The molecule has 1 atom stereocenters. The molecule has 0 spiro atoms. The Morgan fingerprint density at radius 1 is 1.47 bits per heavy atom. The van der Waals surface area contributed by atoms with Gasteiger partial charge in [0.1, 0.15) is 5.82 Å². The first-order valence-electron chi connectivity index (χ1n) is 6.07. The van der Waals surface area contributed by atoms with Crippen LogP contribution in [0.4, 0.5) is 4.39 Å². The monoisotopic (exact) mass is 264 g/mol. The number of benzene rings is 1. The summed E-state index contributed by atoms with van der Waals surface area (Å²) in [6, 6.07) is 5.84. The van der Waals surface area contributed by atoms with Crippen molar-refractivity contribution in [2.45, 2.75) is 19.4 Å². The van der Waals surface area contributed by atoms with Crippen LogP contribution in [0.5, 0.6) is 0 Å². The van der Waals surface area contributed by atoms with E-state index < -0.39 is 12.1 Å². The summed E-state index contributed by atoms with van der Waals surface area (Å²) in [5.74, 6) is -0.777. The van der Waals surface area contributed by atoms with Gasteiger partial charge in [0.15, 0.2) is 0 Å². The molecular weight excluding hydrogens is 247 g/mol. The zero-order chi connectivity index (χ0) is 14.1. The quantitative estimate of drug-likeness (QED) is 0.488. The number of allylic oxidation sites excluding steroid dienone is 2. The highest BCUT2D eigenvalue weighted by molar-refractivity contribution is 5.82. The van der Waals surface area contributed by atoms with E-state index in [2.05, 4.69) is 0 Å². The standard InChI is InChI=1S/C15H17FO3/c1-2-19-15(18)10-5-3-4-9-14(17)12-7-6-8-13(16)11-12/h3-8,10-11,14,17H,2,9H2,1H3/b4-3+,10-5+. The number of aliphatic hydroxyl groups excluding tert-OH is 1. The van der Waals surface area contributed by atoms with Crippen molar-refractivity contribution in [1.82, 2.24) is 0 Å². The van der Waals surface area contributed by atoms with Crippen LogP contribution in [-0.4, -0.2) is 17.7 Å². The molecule has 1 unspecified atom stereocenters. The second-order valence-electron chi connectivity index (χ2n) is 3.85. The van der Waals surface area contributed by atoms with Crippen molar-refractivity contribution in [2.75, 3.05) is 6.61 Å². The van der Waals surface area contributed by atoms with Gasteiger partial charge in [0.25, 0.3) is 0 Å². The van der Waals surface area contributed by atoms with Crippen molar-refractivity contribution in [3.8, 4) is 0 Å². The second kappa shape index (κ2) is 8.21. The molecule has 0 aliphatic heterocycles. The van der Waals surface area contributed by atoms with Gasteiger partial charge in [-0.2, -0.15) is 0 Å². The molecule has 0 aromatic heterocycles. The van der Waals surface area contributed by atoms with Gasteiger partial charge in [-0.25, -0.2) is 9.18 Å². The number of halogens is 1. The van der Waals surface area contributed by atoms with Crippen LogP contribution in [-0.2, 0) is 9.53 Å². The Labute approximate surface area is 112 Å². The van der Waals surface area contributed by atoms with E-state index in [1.807, 2.05) is 0 Å². The van der Waals surface area contributed by atoms with E-state index in [0.29, 0.717) is 18.6 Å². The largest absolute Gasteiger partial charge is 0.463 e.